The fourth-order valence-corrected chi connectivity index (χ4v) is 2.75. The molecule has 0 aromatic carbocycles. The summed E-state index contributed by atoms with van der Waals surface area (Å²) in [5.74, 6) is 5.27. The Labute approximate surface area is 118 Å². The van der Waals surface area contributed by atoms with Gasteiger partial charge in [-0.2, -0.15) is 0 Å². The molecular weight excluding hydrogens is 282 g/mol. The van der Waals surface area contributed by atoms with Crippen LogP contribution in [0.1, 0.15) is 25.8 Å². The molecule has 2 heterocycles. The highest BCUT2D eigenvalue weighted by atomic mass is 32.1. The number of aliphatic hydroxyl groups excluding tert-OH is 1. The molecule has 5 nitrogen and oxygen atoms in total. The van der Waals surface area contributed by atoms with Gasteiger partial charge in [0.2, 0.25) is 0 Å². The highest BCUT2D eigenvalue weighted by Crippen LogP contribution is 2.16. The van der Waals surface area contributed by atoms with Gasteiger partial charge in [-0.25, -0.2) is 0 Å². The summed E-state index contributed by atoms with van der Waals surface area (Å²) >= 11 is 2.60. The maximum atomic E-state index is 11.9. The Kier molecular flexibility index (Phi) is 4.63. The molecule has 0 aliphatic carbocycles. The van der Waals surface area contributed by atoms with Crippen molar-refractivity contribution >= 4 is 28.8 Å². The lowest BCUT2D eigenvalue weighted by Crippen LogP contribution is -2.22. The van der Waals surface area contributed by atoms with Gasteiger partial charge < -0.3 is 10.4 Å². The van der Waals surface area contributed by atoms with Gasteiger partial charge >= 0.3 is 0 Å². The molecule has 0 aliphatic heterocycles. The third-order valence-electron chi connectivity index (χ3n) is 2.31. The Balaban J connectivity index is 2.02. The smallest absolute Gasteiger partial charge is 0.265 e. The first-order valence-corrected chi connectivity index (χ1v) is 7.11. The summed E-state index contributed by atoms with van der Waals surface area (Å²) in [6, 6.07) is 1.87. The van der Waals surface area contributed by atoms with E-state index in [0.717, 1.165) is 22.0 Å². The lowest BCUT2D eigenvalue weighted by molar-refractivity contribution is 0.0954. The molecule has 98 valence electrons. The maximum absolute atomic E-state index is 11.9. The SMILES string of the molecule is Cc1nnsc1C(=O)NCc1sccc1C#CCO. The third-order valence-corrected chi connectivity index (χ3v) is 4.06. The van der Waals surface area contributed by atoms with Crippen molar-refractivity contribution in [1.82, 2.24) is 14.9 Å². The Morgan fingerprint density at radius 2 is 2.42 bits per heavy atom. The van der Waals surface area contributed by atoms with Crippen LogP contribution in [0.2, 0.25) is 0 Å². The van der Waals surface area contributed by atoms with Crippen LogP contribution in [0.15, 0.2) is 11.4 Å². The summed E-state index contributed by atoms with van der Waals surface area (Å²) in [4.78, 5) is 13.4. The fourth-order valence-electron chi connectivity index (χ4n) is 1.40. The van der Waals surface area contributed by atoms with Gasteiger partial charge in [-0.3, -0.25) is 4.79 Å². The normalized spacial score (nSPS) is 9.79. The van der Waals surface area contributed by atoms with E-state index in [9.17, 15) is 4.79 Å². The van der Waals surface area contributed by atoms with Crippen LogP contribution in [0.4, 0.5) is 0 Å². The van der Waals surface area contributed by atoms with Crippen molar-refractivity contribution in [1.29, 1.82) is 0 Å². The third kappa shape index (κ3) is 3.38. The summed E-state index contributed by atoms with van der Waals surface area (Å²) < 4.78 is 3.73. The number of nitrogens with one attached hydrogen (secondary N) is 1. The van der Waals surface area contributed by atoms with Crippen molar-refractivity contribution in [3.05, 3.63) is 32.5 Å². The van der Waals surface area contributed by atoms with Gasteiger partial charge in [0.25, 0.3) is 5.91 Å². The molecule has 7 heteroatoms. The lowest BCUT2D eigenvalue weighted by Gasteiger charge is -2.02. The number of nitrogens with zero attached hydrogens (tertiary/aromatic N) is 2. The molecule has 2 N–H and O–H groups in total. The monoisotopic (exact) mass is 293 g/mol. The molecule has 0 atom stereocenters. The maximum Gasteiger partial charge on any atom is 0.265 e. The van der Waals surface area contributed by atoms with Gasteiger partial charge in [-0.15, -0.1) is 16.4 Å². The quantitative estimate of drug-likeness (QED) is 0.833. The second-order valence-electron chi connectivity index (χ2n) is 3.59. The van der Waals surface area contributed by atoms with E-state index < -0.39 is 0 Å². The zero-order valence-electron chi connectivity index (χ0n) is 10.1. The minimum Gasteiger partial charge on any atom is -0.384 e. The van der Waals surface area contributed by atoms with Crippen molar-refractivity contribution in [3.63, 3.8) is 0 Å². The summed E-state index contributed by atoms with van der Waals surface area (Å²) in [7, 11) is 0. The largest absolute Gasteiger partial charge is 0.384 e. The van der Waals surface area contributed by atoms with Crippen LogP contribution in [0.3, 0.4) is 0 Å². The molecule has 0 radical (unpaired) electrons. The van der Waals surface area contributed by atoms with Crippen molar-refractivity contribution in [2.24, 2.45) is 0 Å². The Bertz CT molecular complexity index is 637. The van der Waals surface area contributed by atoms with Crippen LogP contribution in [0.5, 0.6) is 0 Å². The number of thiophene rings is 1. The average Bonchev–Trinajstić information content (AvgIpc) is 3.02. The summed E-state index contributed by atoms with van der Waals surface area (Å²) in [5.41, 5.74) is 1.47. The van der Waals surface area contributed by atoms with E-state index in [1.165, 1.54) is 11.3 Å². The molecule has 0 aliphatic rings. The highest BCUT2D eigenvalue weighted by Gasteiger charge is 2.13. The minimum absolute atomic E-state index is 0.173. The second kappa shape index (κ2) is 6.43. The highest BCUT2D eigenvalue weighted by molar-refractivity contribution is 7.10. The van der Waals surface area contributed by atoms with Crippen molar-refractivity contribution in [2.75, 3.05) is 6.61 Å². The van der Waals surface area contributed by atoms with Crippen LogP contribution < -0.4 is 5.32 Å². The number of rotatable bonds is 3. The standard InChI is InChI=1S/C12H11N3O2S2/c1-8-11(19-15-14-8)12(17)13-7-10-9(3-2-5-16)4-6-18-10/h4,6,16H,5,7H2,1H3,(H,13,17). The number of carbonyl (C=O) groups excluding carboxylic acids is 1. The number of aliphatic hydroxyl groups is 1. The van der Waals surface area contributed by atoms with E-state index in [1.807, 2.05) is 11.4 Å². The number of amides is 1. The lowest BCUT2D eigenvalue weighted by atomic mass is 10.2. The van der Waals surface area contributed by atoms with E-state index in [-0.39, 0.29) is 12.5 Å². The Morgan fingerprint density at radius 3 is 3.11 bits per heavy atom. The number of hydrogen-bond donors (Lipinski definition) is 2. The molecular formula is C12H11N3O2S2. The second-order valence-corrected chi connectivity index (χ2v) is 5.34. The molecule has 0 spiro atoms. The van der Waals surface area contributed by atoms with Gasteiger partial charge in [0, 0.05) is 10.4 Å². The first kappa shape index (κ1) is 13.7. The first-order chi connectivity index (χ1) is 9.22. The van der Waals surface area contributed by atoms with Gasteiger partial charge in [0.1, 0.15) is 11.5 Å². The molecule has 0 fully saturated rings. The van der Waals surface area contributed by atoms with E-state index >= 15 is 0 Å². The molecule has 2 aromatic heterocycles. The van der Waals surface area contributed by atoms with Crippen molar-refractivity contribution in [2.45, 2.75) is 13.5 Å². The molecule has 0 saturated carbocycles. The van der Waals surface area contributed by atoms with Crippen LogP contribution in [0, 0.1) is 18.8 Å². The van der Waals surface area contributed by atoms with Gasteiger partial charge in [-0.05, 0) is 29.9 Å². The number of aromatic nitrogens is 2. The zero-order valence-corrected chi connectivity index (χ0v) is 11.8. The van der Waals surface area contributed by atoms with Crippen molar-refractivity contribution in [3.8, 4) is 11.8 Å². The summed E-state index contributed by atoms with van der Waals surface area (Å²) in [5, 5.41) is 17.2. The van der Waals surface area contributed by atoms with E-state index in [2.05, 4.69) is 26.7 Å². The van der Waals surface area contributed by atoms with Crippen LogP contribution in [-0.4, -0.2) is 27.2 Å². The average molecular weight is 293 g/mol. The van der Waals surface area contributed by atoms with Crippen LogP contribution in [-0.2, 0) is 6.54 Å². The molecule has 2 aromatic rings. The van der Waals surface area contributed by atoms with Gasteiger partial charge in [0.15, 0.2) is 0 Å². The van der Waals surface area contributed by atoms with Crippen molar-refractivity contribution < 1.29 is 9.90 Å². The van der Waals surface area contributed by atoms with Gasteiger partial charge in [-0.1, -0.05) is 16.3 Å². The fraction of sp³-hybridized carbons (Fsp3) is 0.250. The van der Waals surface area contributed by atoms with E-state index in [4.69, 9.17) is 5.11 Å². The number of carbonyl (C=O) groups is 1. The predicted octanol–water partition coefficient (Wildman–Crippen LogP) is 1.18. The topological polar surface area (TPSA) is 75.1 Å². The molecule has 19 heavy (non-hydrogen) atoms. The minimum atomic E-state index is -0.179. The number of hydrogen-bond acceptors (Lipinski definition) is 6. The van der Waals surface area contributed by atoms with E-state index in [1.54, 1.807) is 6.92 Å². The first-order valence-electron chi connectivity index (χ1n) is 5.45. The molecule has 2 rings (SSSR count). The molecule has 1 amide bonds. The van der Waals surface area contributed by atoms with Crippen LogP contribution >= 0.6 is 22.9 Å². The Morgan fingerprint density at radius 1 is 1.58 bits per heavy atom. The molecule has 0 unspecified atom stereocenters. The Hall–Kier alpha value is -1.75. The molecule has 0 saturated heterocycles. The molecule has 0 bridgehead atoms. The summed E-state index contributed by atoms with van der Waals surface area (Å²) in [6.07, 6.45) is 0. The summed E-state index contributed by atoms with van der Waals surface area (Å²) in [6.45, 7) is 1.98. The number of aryl methyl sites for hydroxylation is 1. The van der Waals surface area contributed by atoms with Gasteiger partial charge in [0.05, 0.1) is 12.2 Å². The van der Waals surface area contributed by atoms with E-state index in [0.29, 0.717) is 17.1 Å². The van der Waals surface area contributed by atoms with Crippen LogP contribution in [0.25, 0.3) is 0 Å². The predicted molar refractivity (Wildman–Crippen MR) is 74.1 cm³/mol. The zero-order chi connectivity index (χ0) is 13.7.